The molecule has 1 aromatic carbocycles. The summed E-state index contributed by atoms with van der Waals surface area (Å²) in [6.45, 7) is 1.34. The molecule has 0 saturated carbocycles. The van der Waals surface area contributed by atoms with Gasteiger partial charge < -0.3 is 4.74 Å². The summed E-state index contributed by atoms with van der Waals surface area (Å²) >= 11 is 0. The fraction of sp³-hybridized carbons (Fsp3) is 0.364. The van der Waals surface area contributed by atoms with Crippen LogP contribution in [-0.4, -0.2) is 10.9 Å². The molecular formula is C11H11NO4. The molecule has 5 nitrogen and oxygen atoms in total. The third-order valence-corrected chi connectivity index (χ3v) is 2.70. The monoisotopic (exact) mass is 221 g/mol. The Morgan fingerprint density at radius 3 is 2.94 bits per heavy atom. The number of nitro benzene ring substituents is 1. The zero-order chi connectivity index (χ0) is 11.7. The molecule has 16 heavy (non-hydrogen) atoms. The van der Waals surface area contributed by atoms with Crippen LogP contribution >= 0.6 is 0 Å². The Hall–Kier alpha value is -1.91. The van der Waals surface area contributed by atoms with Gasteiger partial charge in [0.1, 0.15) is 6.10 Å². The van der Waals surface area contributed by atoms with Gasteiger partial charge in [-0.1, -0.05) is 12.1 Å². The lowest BCUT2D eigenvalue weighted by Crippen LogP contribution is -2.05. The van der Waals surface area contributed by atoms with Crippen LogP contribution in [-0.2, 0) is 16.0 Å². The maximum atomic E-state index is 10.9. The van der Waals surface area contributed by atoms with Crippen molar-refractivity contribution in [2.24, 2.45) is 0 Å². The van der Waals surface area contributed by atoms with E-state index in [1.807, 2.05) is 0 Å². The number of carbonyl (C=O) groups excluding carboxylic acids is 1. The van der Waals surface area contributed by atoms with Crippen LogP contribution in [0.1, 0.15) is 30.6 Å². The lowest BCUT2D eigenvalue weighted by atomic mass is 10.1. The highest BCUT2D eigenvalue weighted by atomic mass is 16.6. The fourth-order valence-electron chi connectivity index (χ4n) is 2.09. The van der Waals surface area contributed by atoms with E-state index in [1.165, 1.54) is 13.0 Å². The molecule has 0 bridgehead atoms. The molecule has 1 unspecified atom stereocenters. The first-order valence-electron chi connectivity index (χ1n) is 5.03. The predicted octanol–water partition coefficient (Wildman–Crippen LogP) is 2.15. The van der Waals surface area contributed by atoms with E-state index in [-0.39, 0.29) is 17.8 Å². The maximum absolute atomic E-state index is 10.9. The highest BCUT2D eigenvalue weighted by molar-refractivity contribution is 5.66. The third-order valence-electron chi connectivity index (χ3n) is 2.70. The van der Waals surface area contributed by atoms with Crippen LogP contribution < -0.4 is 0 Å². The van der Waals surface area contributed by atoms with Gasteiger partial charge in [0.2, 0.25) is 0 Å². The quantitative estimate of drug-likeness (QED) is 0.436. The topological polar surface area (TPSA) is 69.4 Å². The largest absolute Gasteiger partial charge is 0.458 e. The minimum Gasteiger partial charge on any atom is -0.458 e. The van der Waals surface area contributed by atoms with E-state index < -0.39 is 4.92 Å². The molecule has 0 N–H and O–H groups in total. The molecule has 1 aromatic rings. The Labute approximate surface area is 92.2 Å². The van der Waals surface area contributed by atoms with E-state index in [0.717, 1.165) is 5.56 Å². The van der Waals surface area contributed by atoms with Gasteiger partial charge in [0.15, 0.2) is 0 Å². The third kappa shape index (κ3) is 1.76. The summed E-state index contributed by atoms with van der Waals surface area (Å²) in [6.07, 6.45) is 0.886. The number of esters is 1. The number of carbonyl (C=O) groups is 1. The number of benzene rings is 1. The lowest BCUT2D eigenvalue weighted by Gasteiger charge is -2.11. The summed E-state index contributed by atoms with van der Waals surface area (Å²) in [5.41, 5.74) is 1.58. The van der Waals surface area contributed by atoms with Crippen molar-refractivity contribution < 1.29 is 14.5 Å². The highest BCUT2D eigenvalue weighted by Crippen LogP contribution is 2.38. The Balaban J connectivity index is 2.37. The first kappa shape index (κ1) is 10.6. The maximum Gasteiger partial charge on any atom is 0.303 e. The molecule has 84 valence electrons. The zero-order valence-electron chi connectivity index (χ0n) is 8.80. The average Bonchev–Trinajstić information content (AvgIpc) is 2.60. The number of rotatable bonds is 2. The normalized spacial score (nSPS) is 17.9. The Morgan fingerprint density at radius 1 is 1.56 bits per heavy atom. The van der Waals surface area contributed by atoms with Gasteiger partial charge in [0, 0.05) is 24.1 Å². The lowest BCUT2D eigenvalue weighted by molar-refractivity contribution is -0.385. The molecule has 1 aliphatic rings. The van der Waals surface area contributed by atoms with E-state index in [0.29, 0.717) is 18.4 Å². The summed E-state index contributed by atoms with van der Waals surface area (Å²) in [6, 6.07) is 4.89. The molecule has 0 amide bonds. The van der Waals surface area contributed by atoms with E-state index in [4.69, 9.17) is 4.74 Å². The molecule has 0 fully saturated rings. The van der Waals surface area contributed by atoms with Crippen LogP contribution in [0.3, 0.4) is 0 Å². The summed E-state index contributed by atoms with van der Waals surface area (Å²) in [5, 5.41) is 10.8. The second kappa shape index (κ2) is 3.92. The van der Waals surface area contributed by atoms with Gasteiger partial charge in [-0.15, -0.1) is 0 Å². The molecular weight excluding hydrogens is 210 g/mol. The summed E-state index contributed by atoms with van der Waals surface area (Å²) in [4.78, 5) is 21.3. The van der Waals surface area contributed by atoms with Crippen LogP contribution in [0.25, 0.3) is 0 Å². The van der Waals surface area contributed by atoms with Gasteiger partial charge in [-0.2, -0.15) is 0 Å². The van der Waals surface area contributed by atoms with Crippen LogP contribution in [0.15, 0.2) is 18.2 Å². The van der Waals surface area contributed by atoms with Gasteiger partial charge >= 0.3 is 5.97 Å². The molecule has 1 aliphatic carbocycles. The van der Waals surface area contributed by atoms with E-state index >= 15 is 0 Å². The van der Waals surface area contributed by atoms with Crippen molar-refractivity contribution in [3.05, 3.63) is 39.4 Å². The molecule has 0 saturated heterocycles. The van der Waals surface area contributed by atoms with Crippen molar-refractivity contribution in [2.45, 2.75) is 25.9 Å². The number of nitrogens with zero attached hydrogens (tertiary/aromatic N) is 1. The number of hydrogen-bond acceptors (Lipinski definition) is 4. The van der Waals surface area contributed by atoms with Crippen LogP contribution in [0.2, 0.25) is 0 Å². The number of hydrogen-bond donors (Lipinski definition) is 0. The molecule has 0 aliphatic heterocycles. The van der Waals surface area contributed by atoms with Gasteiger partial charge in [0.25, 0.3) is 5.69 Å². The Bertz CT molecular complexity index is 455. The number of nitro groups is 1. The van der Waals surface area contributed by atoms with Crippen LogP contribution in [0, 0.1) is 10.1 Å². The smallest absolute Gasteiger partial charge is 0.303 e. The molecule has 1 atom stereocenters. The SMILES string of the molecule is CC(=O)OC1CCc2c1cccc2[N+](=O)[O-]. The second-order valence-electron chi connectivity index (χ2n) is 3.74. The van der Waals surface area contributed by atoms with Crippen molar-refractivity contribution in [2.75, 3.05) is 0 Å². The molecule has 0 spiro atoms. The van der Waals surface area contributed by atoms with E-state index in [9.17, 15) is 14.9 Å². The van der Waals surface area contributed by atoms with Gasteiger partial charge in [-0.3, -0.25) is 14.9 Å². The molecule has 0 radical (unpaired) electrons. The molecule has 0 heterocycles. The molecule has 0 aromatic heterocycles. The fourth-order valence-corrected chi connectivity index (χ4v) is 2.09. The van der Waals surface area contributed by atoms with Crippen molar-refractivity contribution in [1.82, 2.24) is 0 Å². The van der Waals surface area contributed by atoms with Crippen molar-refractivity contribution >= 4 is 11.7 Å². The van der Waals surface area contributed by atoms with Crippen molar-refractivity contribution in [3.8, 4) is 0 Å². The standard InChI is InChI=1S/C11H11NO4/c1-7(13)16-11-6-5-8-9(11)3-2-4-10(8)12(14)15/h2-4,11H,5-6H2,1H3. The Morgan fingerprint density at radius 2 is 2.31 bits per heavy atom. The molecule has 2 rings (SSSR count). The second-order valence-corrected chi connectivity index (χ2v) is 3.74. The Kier molecular flexibility index (Phi) is 2.60. The number of ether oxygens (including phenoxy) is 1. The summed E-state index contributed by atoms with van der Waals surface area (Å²) < 4.78 is 5.11. The van der Waals surface area contributed by atoms with Crippen molar-refractivity contribution in [3.63, 3.8) is 0 Å². The first-order chi connectivity index (χ1) is 7.59. The van der Waals surface area contributed by atoms with E-state index in [2.05, 4.69) is 0 Å². The summed E-state index contributed by atoms with van der Waals surface area (Å²) in [7, 11) is 0. The minimum absolute atomic E-state index is 0.118. The van der Waals surface area contributed by atoms with E-state index in [1.54, 1.807) is 12.1 Å². The summed E-state index contributed by atoms with van der Waals surface area (Å²) in [5.74, 6) is -0.357. The average molecular weight is 221 g/mol. The molecule has 5 heteroatoms. The van der Waals surface area contributed by atoms with Gasteiger partial charge in [-0.25, -0.2) is 0 Å². The predicted molar refractivity (Wildman–Crippen MR) is 55.9 cm³/mol. The minimum atomic E-state index is -0.394. The number of fused-ring (bicyclic) bond motifs is 1. The van der Waals surface area contributed by atoms with Crippen LogP contribution in [0.5, 0.6) is 0 Å². The van der Waals surface area contributed by atoms with Crippen molar-refractivity contribution in [1.29, 1.82) is 0 Å². The highest BCUT2D eigenvalue weighted by Gasteiger charge is 2.30. The van der Waals surface area contributed by atoms with Crippen LogP contribution in [0.4, 0.5) is 5.69 Å². The zero-order valence-corrected chi connectivity index (χ0v) is 8.80. The first-order valence-corrected chi connectivity index (χ1v) is 5.03. The van der Waals surface area contributed by atoms with Gasteiger partial charge in [-0.05, 0) is 12.8 Å². The van der Waals surface area contributed by atoms with Gasteiger partial charge in [0.05, 0.1) is 4.92 Å².